The maximum atomic E-state index is 13.0. The Morgan fingerprint density at radius 2 is 1.90 bits per heavy atom. The van der Waals surface area contributed by atoms with E-state index < -0.39 is 0 Å². The fourth-order valence-electron chi connectivity index (χ4n) is 4.29. The molecule has 1 atom stereocenters. The number of aryl methyl sites for hydroxylation is 1. The van der Waals surface area contributed by atoms with Gasteiger partial charge in [-0.05, 0) is 70.0 Å². The predicted molar refractivity (Wildman–Crippen MR) is 114 cm³/mol. The van der Waals surface area contributed by atoms with Crippen LogP contribution in [0.2, 0.25) is 0 Å². The van der Waals surface area contributed by atoms with Gasteiger partial charge < -0.3 is 14.5 Å². The number of benzene rings is 1. The molecular formula is C21H29N5O2S. The van der Waals surface area contributed by atoms with Crippen LogP contribution in [0.3, 0.4) is 0 Å². The summed E-state index contributed by atoms with van der Waals surface area (Å²) in [6, 6.07) is 8.16. The van der Waals surface area contributed by atoms with E-state index in [-0.39, 0.29) is 5.91 Å². The van der Waals surface area contributed by atoms with Gasteiger partial charge in [0, 0.05) is 24.8 Å². The van der Waals surface area contributed by atoms with E-state index >= 15 is 0 Å². The molecule has 4 rings (SSSR count). The number of thioether (sulfide) groups is 1. The van der Waals surface area contributed by atoms with E-state index in [0.29, 0.717) is 11.8 Å². The fourth-order valence-corrected chi connectivity index (χ4v) is 5.17. The van der Waals surface area contributed by atoms with Gasteiger partial charge >= 0.3 is 0 Å². The van der Waals surface area contributed by atoms with Gasteiger partial charge in [0.1, 0.15) is 11.6 Å². The number of aromatic nitrogens is 3. The van der Waals surface area contributed by atoms with Gasteiger partial charge in [0.2, 0.25) is 5.91 Å². The van der Waals surface area contributed by atoms with Gasteiger partial charge in [-0.3, -0.25) is 9.36 Å². The third kappa shape index (κ3) is 4.59. The SMILES string of the molecule is COc1ccc(-n2c(C)nnc2SCC(=O)N2CCCC2CN2CCCC2)cc1. The van der Waals surface area contributed by atoms with Crippen LogP contribution in [0.4, 0.5) is 0 Å². The molecule has 3 heterocycles. The van der Waals surface area contributed by atoms with Crippen LogP contribution in [0.25, 0.3) is 5.69 Å². The molecule has 1 unspecified atom stereocenters. The average Bonchev–Trinajstić information content (AvgIpc) is 3.49. The van der Waals surface area contributed by atoms with E-state index in [0.717, 1.165) is 48.3 Å². The second-order valence-electron chi connectivity index (χ2n) is 7.74. The van der Waals surface area contributed by atoms with Crippen LogP contribution in [0.15, 0.2) is 29.4 Å². The molecule has 2 fully saturated rings. The van der Waals surface area contributed by atoms with E-state index in [2.05, 4.69) is 20.0 Å². The molecule has 0 radical (unpaired) electrons. The quantitative estimate of drug-likeness (QED) is 0.648. The normalized spacial score (nSPS) is 19.8. The number of nitrogens with zero attached hydrogens (tertiary/aromatic N) is 5. The van der Waals surface area contributed by atoms with Crippen molar-refractivity contribution in [1.82, 2.24) is 24.6 Å². The van der Waals surface area contributed by atoms with Gasteiger partial charge in [-0.2, -0.15) is 0 Å². The average molecular weight is 416 g/mol. The molecule has 0 bridgehead atoms. The lowest BCUT2D eigenvalue weighted by Gasteiger charge is -2.28. The van der Waals surface area contributed by atoms with Crippen molar-refractivity contribution in [3.05, 3.63) is 30.1 Å². The summed E-state index contributed by atoms with van der Waals surface area (Å²) in [4.78, 5) is 17.6. The molecule has 156 valence electrons. The molecule has 1 aromatic heterocycles. The van der Waals surface area contributed by atoms with Gasteiger partial charge in [-0.1, -0.05) is 11.8 Å². The Morgan fingerprint density at radius 1 is 1.14 bits per heavy atom. The van der Waals surface area contributed by atoms with Gasteiger partial charge in [-0.15, -0.1) is 10.2 Å². The summed E-state index contributed by atoms with van der Waals surface area (Å²) in [5.41, 5.74) is 0.969. The summed E-state index contributed by atoms with van der Waals surface area (Å²) in [6.45, 7) is 6.18. The lowest BCUT2D eigenvalue weighted by Crippen LogP contribution is -2.43. The van der Waals surface area contributed by atoms with Gasteiger partial charge in [0.05, 0.1) is 12.9 Å². The molecular weight excluding hydrogens is 386 g/mol. The molecule has 2 aromatic rings. The Kier molecular flexibility index (Phi) is 6.40. The van der Waals surface area contributed by atoms with Crippen LogP contribution in [0.5, 0.6) is 5.75 Å². The van der Waals surface area contributed by atoms with Gasteiger partial charge in [0.15, 0.2) is 5.16 Å². The molecule has 2 aliphatic rings. The third-order valence-corrected chi connectivity index (χ3v) is 6.73. The van der Waals surface area contributed by atoms with Crippen molar-refractivity contribution in [1.29, 1.82) is 0 Å². The zero-order chi connectivity index (χ0) is 20.2. The van der Waals surface area contributed by atoms with Crippen LogP contribution in [-0.2, 0) is 4.79 Å². The minimum atomic E-state index is 0.207. The molecule has 0 N–H and O–H groups in total. The number of likely N-dealkylation sites (tertiary alicyclic amines) is 2. The second-order valence-corrected chi connectivity index (χ2v) is 8.69. The van der Waals surface area contributed by atoms with Gasteiger partial charge in [-0.25, -0.2) is 0 Å². The van der Waals surface area contributed by atoms with Crippen molar-refractivity contribution in [3.63, 3.8) is 0 Å². The summed E-state index contributed by atoms with van der Waals surface area (Å²) in [7, 11) is 1.65. The number of ether oxygens (including phenoxy) is 1. The molecule has 0 saturated carbocycles. The first-order valence-corrected chi connectivity index (χ1v) is 11.4. The highest BCUT2D eigenvalue weighted by molar-refractivity contribution is 7.99. The first-order valence-electron chi connectivity index (χ1n) is 10.4. The monoisotopic (exact) mass is 415 g/mol. The maximum absolute atomic E-state index is 13.0. The van der Waals surface area contributed by atoms with E-state index in [1.807, 2.05) is 35.8 Å². The smallest absolute Gasteiger partial charge is 0.233 e. The Labute approximate surface area is 176 Å². The zero-order valence-corrected chi connectivity index (χ0v) is 18.0. The van der Waals surface area contributed by atoms with Crippen LogP contribution < -0.4 is 4.74 Å². The number of hydrogen-bond acceptors (Lipinski definition) is 6. The Hall–Kier alpha value is -2.06. The zero-order valence-electron chi connectivity index (χ0n) is 17.2. The number of carbonyl (C=O) groups excluding carboxylic acids is 1. The van der Waals surface area contributed by atoms with Crippen LogP contribution >= 0.6 is 11.8 Å². The fraction of sp³-hybridized carbons (Fsp3) is 0.571. The molecule has 1 amide bonds. The second kappa shape index (κ2) is 9.17. The van der Waals surface area contributed by atoms with Crippen LogP contribution in [0.1, 0.15) is 31.5 Å². The van der Waals surface area contributed by atoms with E-state index in [1.54, 1.807) is 7.11 Å². The summed E-state index contributed by atoms with van der Waals surface area (Å²) in [6.07, 6.45) is 4.80. The number of carbonyl (C=O) groups is 1. The summed E-state index contributed by atoms with van der Waals surface area (Å²) in [5, 5.41) is 9.27. The van der Waals surface area contributed by atoms with E-state index in [4.69, 9.17) is 4.74 Å². The number of methoxy groups -OCH3 is 1. The van der Waals surface area contributed by atoms with Crippen molar-refractivity contribution in [3.8, 4) is 11.4 Å². The van der Waals surface area contributed by atoms with Crippen molar-refractivity contribution >= 4 is 17.7 Å². The highest BCUT2D eigenvalue weighted by Crippen LogP contribution is 2.26. The summed E-state index contributed by atoms with van der Waals surface area (Å²) < 4.78 is 7.23. The minimum absolute atomic E-state index is 0.207. The molecule has 2 saturated heterocycles. The molecule has 0 aliphatic carbocycles. The molecule has 8 heteroatoms. The molecule has 7 nitrogen and oxygen atoms in total. The minimum Gasteiger partial charge on any atom is -0.497 e. The molecule has 0 spiro atoms. The summed E-state index contributed by atoms with van der Waals surface area (Å²) in [5.74, 6) is 2.21. The van der Waals surface area contributed by atoms with Gasteiger partial charge in [0.25, 0.3) is 0 Å². The van der Waals surface area contributed by atoms with Crippen molar-refractivity contribution in [2.75, 3.05) is 39.0 Å². The lowest BCUT2D eigenvalue weighted by molar-refractivity contribution is -0.129. The van der Waals surface area contributed by atoms with Crippen molar-refractivity contribution < 1.29 is 9.53 Å². The van der Waals surface area contributed by atoms with Crippen LogP contribution in [0, 0.1) is 6.92 Å². The molecule has 29 heavy (non-hydrogen) atoms. The largest absolute Gasteiger partial charge is 0.497 e. The first kappa shape index (κ1) is 20.2. The molecule has 2 aliphatic heterocycles. The summed E-state index contributed by atoms with van der Waals surface area (Å²) >= 11 is 1.47. The van der Waals surface area contributed by atoms with Crippen LogP contribution in [-0.4, -0.2) is 75.6 Å². The standard InChI is InChI=1S/C21H29N5O2S/c1-16-22-23-21(26(16)17-7-9-19(28-2)10-8-17)29-15-20(27)25-13-5-6-18(25)14-24-11-3-4-12-24/h7-10,18H,3-6,11-15H2,1-2H3. The number of hydrogen-bond donors (Lipinski definition) is 0. The Morgan fingerprint density at radius 3 is 2.62 bits per heavy atom. The number of rotatable bonds is 7. The van der Waals surface area contributed by atoms with Crippen molar-refractivity contribution in [2.24, 2.45) is 0 Å². The predicted octanol–water partition coefficient (Wildman–Crippen LogP) is 2.76. The highest BCUT2D eigenvalue weighted by Gasteiger charge is 2.31. The first-order chi connectivity index (χ1) is 14.2. The maximum Gasteiger partial charge on any atom is 0.233 e. The lowest BCUT2D eigenvalue weighted by atomic mass is 10.2. The highest BCUT2D eigenvalue weighted by atomic mass is 32.2. The third-order valence-electron chi connectivity index (χ3n) is 5.82. The Bertz CT molecular complexity index is 832. The van der Waals surface area contributed by atoms with Crippen molar-refractivity contribution in [2.45, 2.75) is 43.8 Å². The Balaban J connectivity index is 1.40. The number of amides is 1. The topological polar surface area (TPSA) is 63.5 Å². The molecule has 1 aromatic carbocycles. The van der Waals surface area contributed by atoms with E-state index in [9.17, 15) is 4.79 Å². The van der Waals surface area contributed by atoms with E-state index in [1.165, 1.54) is 37.7 Å².